The topological polar surface area (TPSA) is 81.2 Å². The highest BCUT2D eigenvalue weighted by molar-refractivity contribution is 5.76. The number of nitrogens with zero attached hydrogens (tertiary/aromatic N) is 2. The molecule has 114 valence electrons. The Kier molecular flexibility index (Phi) is 4.77. The van der Waals surface area contributed by atoms with Crippen LogP contribution in [0.3, 0.4) is 0 Å². The van der Waals surface area contributed by atoms with Gasteiger partial charge in [0.25, 0.3) is 0 Å². The van der Waals surface area contributed by atoms with Gasteiger partial charge >= 0.3 is 0 Å². The first-order valence-corrected chi connectivity index (χ1v) is 7.14. The van der Waals surface area contributed by atoms with Crippen molar-refractivity contribution in [3.05, 3.63) is 35.4 Å². The molecule has 0 spiro atoms. The largest absolute Gasteiger partial charge is 0.464 e. The molecule has 0 unspecified atom stereocenters. The monoisotopic (exact) mass is 291 g/mol. The van der Waals surface area contributed by atoms with Crippen molar-refractivity contribution < 1.29 is 13.7 Å². The number of hydrogen-bond donors (Lipinski definition) is 1. The molecule has 0 fully saturated rings. The minimum absolute atomic E-state index is 0.0687. The lowest BCUT2D eigenvalue weighted by molar-refractivity contribution is -0.121. The van der Waals surface area contributed by atoms with Crippen LogP contribution in [0.1, 0.15) is 62.4 Å². The molecule has 2 rings (SSSR count). The molecule has 2 aromatic heterocycles. The molecule has 0 aromatic carbocycles. The van der Waals surface area contributed by atoms with Gasteiger partial charge in [0.1, 0.15) is 11.5 Å². The lowest BCUT2D eigenvalue weighted by Gasteiger charge is -2.10. The Balaban J connectivity index is 1.81. The Morgan fingerprint density at radius 3 is 2.67 bits per heavy atom. The Morgan fingerprint density at radius 1 is 1.33 bits per heavy atom. The standard InChI is InChI=1S/C15H21N3O3/c1-9(2)15-17-14(21-18-15)8-7-13(19)16-11(4)12-6-5-10(3)20-12/h5-6,9,11H,7-8H2,1-4H3,(H,16,19)/t11-/m0/s1. The quantitative estimate of drug-likeness (QED) is 0.885. The van der Waals surface area contributed by atoms with Gasteiger partial charge in [-0.3, -0.25) is 4.79 Å². The van der Waals surface area contributed by atoms with Gasteiger partial charge in [-0.15, -0.1) is 0 Å². The van der Waals surface area contributed by atoms with E-state index in [1.807, 2.05) is 39.8 Å². The highest BCUT2D eigenvalue weighted by Crippen LogP contribution is 2.16. The molecule has 0 aliphatic carbocycles. The minimum Gasteiger partial charge on any atom is -0.464 e. The van der Waals surface area contributed by atoms with E-state index in [1.165, 1.54) is 0 Å². The van der Waals surface area contributed by atoms with Gasteiger partial charge < -0.3 is 14.3 Å². The van der Waals surface area contributed by atoms with Crippen molar-refractivity contribution in [3.63, 3.8) is 0 Å². The molecular weight excluding hydrogens is 270 g/mol. The summed E-state index contributed by atoms with van der Waals surface area (Å²) in [6.07, 6.45) is 0.749. The first kappa shape index (κ1) is 15.3. The third kappa shape index (κ3) is 4.18. The normalized spacial score (nSPS) is 12.6. The van der Waals surface area contributed by atoms with Crippen LogP contribution in [0.5, 0.6) is 0 Å². The summed E-state index contributed by atoms with van der Waals surface area (Å²) >= 11 is 0. The number of amides is 1. The van der Waals surface area contributed by atoms with Crippen molar-refractivity contribution in [2.45, 2.75) is 52.5 Å². The molecule has 0 saturated carbocycles. The number of aromatic nitrogens is 2. The number of furan rings is 1. The summed E-state index contributed by atoms with van der Waals surface area (Å²) in [6, 6.07) is 3.59. The van der Waals surface area contributed by atoms with E-state index in [1.54, 1.807) is 0 Å². The Hall–Kier alpha value is -2.11. The van der Waals surface area contributed by atoms with Gasteiger partial charge in [-0.1, -0.05) is 19.0 Å². The van der Waals surface area contributed by atoms with Crippen LogP contribution in [-0.2, 0) is 11.2 Å². The van der Waals surface area contributed by atoms with Crippen LogP contribution in [0.15, 0.2) is 21.1 Å². The van der Waals surface area contributed by atoms with E-state index in [0.29, 0.717) is 24.6 Å². The summed E-state index contributed by atoms with van der Waals surface area (Å²) < 4.78 is 10.6. The van der Waals surface area contributed by atoms with Gasteiger partial charge in [-0.2, -0.15) is 4.98 Å². The maximum atomic E-state index is 11.9. The lowest BCUT2D eigenvalue weighted by atomic mass is 10.2. The van der Waals surface area contributed by atoms with Crippen LogP contribution in [-0.4, -0.2) is 16.0 Å². The second kappa shape index (κ2) is 6.56. The van der Waals surface area contributed by atoms with Crippen molar-refractivity contribution >= 4 is 5.91 Å². The molecule has 0 aliphatic heterocycles. The van der Waals surface area contributed by atoms with E-state index in [9.17, 15) is 4.79 Å². The molecule has 21 heavy (non-hydrogen) atoms. The summed E-state index contributed by atoms with van der Waals surface area (Å²) in [5, 5.41) is 6.76. The molecule has 6 heteroatoms. The third-order valence-corrected chi connectivity index (χ3v) is 3.13. The zero-order valence-electron chi connectivity index (χ0n) is 12.8. The van der Waals surface area contributed by atoms with E-state index in [2.05, 4.69) is 15.5 Å². The predicted octanol–water partition coefficient (Wildman–Crippen LogP) is 2.90. The molecule has 0 aliphatic rings. The maximum absolute atomic E-state index is 11.9. The fourth-order valence-corrected chi connectivity index (χ4v) is 1.90. The van der Waals surface area contributed by atoms with E-state index < -0.39 is 0 Å². The number of hydrogen-bond acceptors (Lipinski definition) is 5. The first-order chi connectivity index (χ1) is 9.95. The molecule has 0 radical (unpaired) electrons. The van der Waals surface area contributed by atoms with E-state index >= 15 is 0 Å². The molecule has 1 amide bonds. The second-order valence-corrected chi connectivity index (χ2v) is 5.44. The Labute approximate surface area is 123 Å². The number of rotatable bonds is 6. The van der Waals surface area contributed by atoms with E-state index in [4.69, 9.17) is 8.94 Å². The zero-order valence-corrected chi connectivity index (χ0v) is 12.8. The molecular formula is C15H21N3O3. The zero-order chi connectivity index (χ0) is 15.4. The summed E-state index contributed by atoms with van der Waals surface area (Å²) in [4.78, 5) is 16.2. The molecule has 1 N–H and O–H groups in total. The van der Waals surface area contributed by atoms with Crippen molar-refractivity contribution in [2.75, 3.05) is 0 Å². The Morgan fingerprint density at radius 2 is 2.10 bits per heavy atom. The van der Waals surface area contributed by atoms with Gasteiger partial charge in [-0.05, 0) is 26.0 Å². The molecule has 0 saturated heterocycles. The summed E-state index contributed by atoms with van der Waals surface area (Å²) in [5.74, 6) is 2.90. The second-order valence-electron chi connectivity index (χ2n) is 5.44. The van der Waals surface area contributed by atoms with Crippen molar-refractivity contribution in [1.82, 2.24) is 15.5 Å². The van der Waals surface area contributed by atoms with E-state index in [0.717, 1.165) is 11.5 Å². The van der Waals surface area contributed by atoms with Crippen LogP contribution in [0, 0.1) is 6.92 Å². The van der Waals surface area contributed by atoms with E-state index in [-0.39, 0.29) is 17.9 Å². The van der Waals surface area contributed by atoms with Gasteiger partial charge in [0.2, 0.25) is 11.8 Å². The van der Waals surface area contributed by atoms with Crippen LogP contribution < -0.4 is 5.32 Å². The molecule has 2 heterocycles. The van der Waals surface area contributed by atoms with Crippen molar-refractivity contribution in [1.29, 1.82) is 0 Å². The first-order valence-electron chi connectivity index (χ1n) is 7.14. The smallest absolute Gasteiger partial charge is 0.227 e. The van der Waals surface area contributed by atoms with Crippen LogP contribution in [0.4, 0.5) is 0 Å². The highest BCUT2D eigenvalue weighted by atomic mass is 16.5. The number of aryl methyl sites for hydroxylation is 2. The fraction of sp³-hybridized carbons (Fsp3) is 0.533. The lowest BCUT2D eigenvalue weighted by Crippen LogP contribution is -2.26. The fourth-order valence-electron chi connectivity index (χ4n) is 1.90. The molecule has 1 atom stereocenters. The molecule has 2 aromatic rings. The number of nitrogens with one attached hydrogen (secondary N) is 1. The van der Waals surface area contributed by atoms with Crippen LogP contribution >= 0.6 is 0 Å². The average molecular weight is 291 g/mol. The summed E-state index contributed by atoms with van der Waals surface area (Å²) in [5.41, 5.74) is 0. The van der Waals surface area contributed by atoms with Gasteiger partial charge in [-0.25, -0.2) is 0 Å². The van der Waals surface area contributed by atoms with Gasteiger partial charge in [0.05, 0.1) is 6.04 Å². The minimum atomic E-state index is -0.153. The maximum Gasteiger partial charge on any atom is 0.227 e. The average Bonchev–Trinajstić information content (AvgIpc) is 3.05. The predicted molar refractivity (Wildman–Crippen MR) is 76.7 cm³/mol. The van der Waals surface area contributed by atoms with Crippen LogP contribution in [0.25, 0.3) is 0 Å². The van der Waals surface area contributed by atoms with Gasteiger partial charge in [0, 0.05) is 18.8 Å². The van der Waals surface area contributed by atoms with Crippen LogP contribution in [0.2, 0.25) is 0 Å². The number of carbonyl (C=O) groups is 1. The van der Waals surface area contributed by atoms with Crippen molar-refractivity contribution in [2.24, 2.45) is 0 Å². The summed E-state index contributed by atoms with van der Waals surface area (Å²) in [6.45, 7) is 7.75. The Bertz CT molecular complexity index is 601. The highest BCUT2D eigenvalue weighted by Gasteiger charge is 2.15. The van der Waals surface area contributed by atoms with Crippen molar-refractivity contribution in [3.8, 4) is 0 Å². The SMILES string of the molecule is Cc1ccc([C@H](C)NC(=O)CCc2nc(C(C)C)no2)o1. The summed E-state index contributed by atoms with van der Waals surface area (Å²) in [7, 11) is 0. The number of carbonyl (C=O) groups excluding carboxylic acids is 1. The molecule has 6 nitrogen and oxygen atoms in total. The van der Waals surface area contributed by atoms with Gasteiger partial charge in [0.15, 0.2) is 5.82 Å². The molecule has 0 bridgehead atoms. The third-order valence-electron chi connectivity index (χ3n) is 3.13.